The summed E-state index contributed by atoms with van der Waals surface area (Å²) in [6.45, 7) is 10.6. The largest absolute Gasteiger partial charge is 0.143 e. The Bertz CT molecular complexity index is 538. The smallest absolute Gasteiger partial charge is 0.0486 e. The van der Waals surface area contributed by atoms with E-state index in [0.29, 0.717) is 0 Å². The first-order chi connectivity index (χ1) is 7.15. The number of allylic oxidation sites excluding steroid dienone is 3. The van der Waals surface area contributed by atoms with Gasteiger partial charge in [-0.1, -0.05) is 12.7 Å². The van der Waals surface area contributed by atoms with Crippen LogP contribution in [0.4, 0.5) is 0 Å². The zero-order valence-corrected chi connectivity index (χ0v) is 10.9. The van der Waals surface area contributed by atoms with Gasteiger partial charge in [0.25, 0.3) is 0 Å². The lowest BCUT2D eigenvalue weighted by atomic mass is 10.1. The van der Waals surface area contributed by atoms with Gasteiger partial charge in [0.05, 0.1) is 0 Å². The first-order valence-corrected chi connectivity index (χ1v) is 6.64. The minimum absolute atomic E-state index is 1.17. The van der Waals surface area contributed by atoms with Crippen LogP contribution in [0.1, 0.15) is 24.3 Å². The van der Waals surface area contributed by atoms with E-state index in [1.807, 2.05) is 22.7 Å². The molecule has 0 radical (unpaired) electrons. The van der Waals surface area contributed by atoms with Crippen molar-refractivity contribution in [2.24, 2.45) is 0 Å². The SMILES string of the molecule is C=C(C(C)=CC)c1sc2ccsc2c1C. The van der Waals surface area contributed by atoms with Crippen LogP contribution >= 0.6 is 22.7 Å². The quantitative estimate of drug-likeness (QED) is 0.622. The summed E-state index contributed by atoms with van der Waals surface area (Å²) < 4.78 is 2.80. The van der Waals surface area contributed by atoms with Gasteiger partial charge in [0.2, 0.25) is 0 Å². The summed E-state index contributed by atoms with van der Waals surface area (Å²) in [6.07, 6.45) is 2.12. The van der Waals surface area contributed by atoms with Crippen molar-refractivity contribution < 1.29 is 0 Å². The van der Waals surface area contributed by atoms with Crippen molar-refractivity contribution >= 4 is 37.6 Å². The Labute approximate surface area is 98.6 Å². The third-order valence-electron chi connectivity index (χ3n) is 2.71. The van der Waals surface area contributed by atoms with Crippen molar-refractivity contribution in [3.8, 4) is 0 Å². The van der Waals surface area contributed by atoms with E-state index in [4.69, 9.17) is 0 Å². The Hall–Kier alpha value is -0.860. The standard InChI is InChI=1S/C13H14S2/c1-5-8(2)9(3)12-10(4)13-11(15-12)6-7-14-13/h5-7H,3H2,1-2,4H3. The fourth-order valence-corrected chi connectivity index (χ4v) is 3.95. The topological polar surface area (TPSA) is 0 Å². The molecule has 2 heterocycles. The zero-order valence-electron chi connectivity index (χ0n) is 9.26. The van der Waals surface area contributed by atoms with E-state index >= 15 is 0 Å². The fraction of sp³-hybridized carbons (Fsp3) is 0.231. The van der Waals surface area contributed by atoms with Gasteiger partial charge in [0, 0.05) is 14.3 Å². The molecule has 0 bridgehead atoms. The Balaban J connectivity index is 2.57. The molecule has 15 heavy (non-hydrogen) atoms. The molecule has 78 valence electrons. The van der Waals surface area contributed by atoms with Crippen LogP contribution < -0.4 is 0 Å². The molecule has 2 heteroatoms. The van der Waals surface area contributed by atoms with E-state index < -0.39 is 0 Å². The summed E-state index contributed by atoms with van der Waals surface area (Å²) in [5.41, 5.74) is 3.83. The average molecular weight is 234 g/mol. The van der Waals surface area contributed by atoms with Crippen LogP contribution in [0.15, 0.2) is 29.7 Å². The predicted octanol–water partition coefficient (Wildman–Crippen LogP) is 5.25. The first kappa shape index (κ1) is 10.7. The highest BCUT2D eigenvalue weighted by molar-refractivity contribution is 7.27. The molecule has 0 spiro atoms. The zero-order chi connectivity index (χ0) is 11.0. The van der Waals surface area contributed by atoms with Crippen molar-refractivity contribution in [1.82, 2.24) is 0 Å². The number of hydrogen-bond donors (Lipinski definition) is 0. The monoisotopic (exact) mass is 234 g/mol. The second-order valence-corrected chi connectivity index (χ2v) is 5.59. The van der Waals surface area contributed by atoms with E-state index in [0.717, 1.165) is 0 Å². The van der Waals surface area contributed by atoms with Crippen LogP contribution in [-0.2, 0) is 0 Å². The van der Waals surface area contributed by atoms with Gasteiger partial charge in [-0.05, 0) is 48.9 Å². The molecule has 0 N–H and O–H groups in total. The Morgan fingerprint density at radius 1 is 1.47 bits per heavy atom. The lowest BCUT2D eigenvalue weighted by Gasteiger charge is -2.04. The highest BCUT2D eigenvalue weighted by Gasteiger charge is 2.12. The van der Waals surface area contributed by atoms with E-state index in [-0.39, 0.29) is 0 Å². The fourth-order valence-electron chi connectivity index (χ4n) is 1.58. The molecule has 0 fully saturated rings. The van der Waals surface area contributed by atoms with Gasteiger partial charge >= 0.3 is 0 Å². The summed E-state index contributed by atoms with van der Waals surface area (Å²) in [5.74, 6) is 0. The second-order valence-electron chi connectivity index (χ2n) is 3.62. The molecule has 2 aromatic rings. The molecule has 0 unspecified atom stereocenters. The molecule has 0 saturated heterocycles. The number of fused-ring (bicyclic) bond motifs is 1. The number of thiophene rings is 2. The Morgan fingerprint density at radius 2 is 2.20 bits per heavy atom. The molecule has 0 aliphatic rings. The lowest BCUT2D eigenvalue weighted by Crippen LogP contribution is -1.82. The molecular formula is C13H14S2. The maximum Gasteiger partial charge on any atom is 0.0486 e. The van der Waals surface area contributed by atoms with E-state index in [2.05, 4.69) is 44.9 Å². The third-order valence-corrected chi connectivity index (χ3v) is 5.19. The highest BCUT2D eigenvalue weighted by atomic mass is 32.1. The van der Waals surface area contributed by atoms with Crippen LogP contribution in [0.3, 0.4) is 0 Å². The highest BCUT2D eigenvalue weighted by Crippen LogP contribution is 2.39. The van der Waals surface area contributed by atoms with Gasteiger partial charge < -0.3 is 0 Å². The normalized spacial score (nSPS) is 12.3. The summed E-state index contributed by atoms with van der Waals surface area (Å²) in [6, 6.07) is 2.19. The molecule has 2 aromatic heterocycles. The molecule has 0 nitrogen and oxygen atoms in total. The van der Waals surface area contributed by atoms with E-state index in [1.54, 1.807) is 0 Å². The second kappa shape index (κ2) is 3.95. The van der Waals surface area contributed by atoms with Gasteiger partial charge in [0.15, 0.2) is 0 Å². The number of rotatable bonds is 2. The van der Waals surface area contributed by atoms with Gasteiger partial charge in [-0.15, -0.1) is 22.7 Å². The molecule has 0 atom stereocenters. The molecule has 2 rings (SSSR count). The van der Waals surface area contributed by atoms with Crippen LogP contribution in [0.25, 0.3) is 15.0 Å². The molecule has 0 aromatic carbocycles. The Kier molecular flexibility index (Phi) is 2.81. The van der Waals surface area contributed by atoms with E-state index in [1.165, 1.54) is 31.0 Å². The molecule has 0 aliphatic carbocycles. The van der Waals surface area contributed by atoms with Crippen LogP contribution in [-0.4, -0.2) is 0 Å². The summed E-state index contributed by atoms with van der Waals surface area (Å²) in [5, 5.41) is 2.16. The van der Waals surface area contributed by atoms with Crippen molar-refractivity contribution in [2.45, 2.75) is 20.8 Å². The number of hydrogen-bond acceptors (Lipinski definition) is 2. The van der Waals surface area contributed by atoms with Crippen LogP contribution in [0.2, 0.25) is 0 Å². The summed E-state index contributed by atoms with van der Waals surface area (Å²) in [7, 11) is 0. The maximum atomic E-state index is 4.18. The van der Waals surface area contributed by atoms with Gasteiger partial charge in [-0.25, -0.2) is 0 Å². The maximum absolute atomic E-state index is 4.18. The van der Waals surface area contributed by atoms with Crippen molar-refractivity contribution in [1.29, 1.82) is 0 Å². The van der Waals surface area contributed by atoms with Gasteiger partial charge in [-0.3, -0.25) is 0 Å². The molecular weight excluding hydrogens is 220 g/mol. The van der Waals surface area contributed by atoms with Crippen molar-refractivity contribution in [2.75, 3.05) is 0 Å². The number of aryl methyl sites for hydroxylation is 1. The minimum atomic E-state index is 1.17. The van der Waals surface area contributed by atoms with Crippen molar-refractivity contribution in [3.05, 3.63) is 40.1 Å². The lowest BCUT2D eigenvalue weighted by molar-refractivity contribution is 1.47. The van der Waals surface area contributed by atoms with Gasteiger partial charge in [0.1, 0.15) is 0 Å². The molecule has 0 amide bonds. The Morgan fingerprint density at radius 3 is 2.80 bits per heavy atom. The van der Waals surface area contributed by atoms with Crippen LogP contribution in [0, 0.1) is 6.92 Å². The van der Waals surface area contributed by atoms with Crippen LogP contribution in [0.5, 0.6) is 0 Å². The molecule has 0 aliphatic heterocycles. The summed E-state index contributed by atoms with van der Waals surface area (Å²) in [4.78, 5) is 1.34. The predicted molar refractivity (Wildman–Crippen MR) is 72.9 cm³/mol. The van der Waals surface area contributed by atoms with E-state index in [9.17, 15) is 0 Å². The average Bonchev–Trinajstić information content (AvgIpc) is 2.80. The minimum Gasteiger partial charge on any atom is -0.143 e. The van der Waals surface area contributed by atoms with Gasteiger partial charge in [-0.2, -0.15) is 0 Å². The molecule has 0 saturated carbocycles. The first-order valence-electron chi connectivity index (χ1n) is 4.94. The van der Waals surface area contributed by atoms with Crippen molar-refractivity contribution in [3.63, 3.8) is 0 Å². The third kappa shape index (κ3) is 1.68. The summed E-state index contributed by atoms with van der Waals surface area (Å²) >= 11 is 3.67.